The molecule has 2 bridgehead atoms. The number of fused-ring (bicyclic) bond motifs is 2. The van der Waals surface area contributed by atoms with E-state index in [-0.39, 0.29) is 11.4 Å². The molecule has 0 radical (unpaired) electrons. The molecule has 0 unspecified atom stereocenters. The zero-order valence-electron chi connectivity index (χ0n) is 14.4. The molecule has 26 heavy (non-hydrogen) atoms. The lowest BCUT2D eigenvalue weighted by Crippen LogP contribution is -2.61. The molecule has 0 saturated carbocycles. The van der Waals surface area contributed by atoms with Crippen LogP contribution in [-0.2, 0) is 4.74 Å². The molecule has 6 nitrogen and oxygen atoms in total. The predicted octanol–water partition coefficient (Wildman–Crippen LogP) is 2.55. The summed E-state index contributed by atoms with van der Waals surface area (Å²) in [5.74, 6) is 0.935. The lowest BCUT2D eigenvalue weighted by Gasteiger charge is -2.50. The van der Waals surface area contributed by atoms with Gasteiger partial charge >= 0.3 is 0 Å². The van der Waals surface area contributed by atoms with E-state index >= 15 is 0 Å². The SMILES string of the molecule is Fc1ccc(-c2cc(NC3=NC[C@@]4(CN5CCC4CC5)O3)ncn2)cc1. The zero-order chi connectivity index (χ0) is 17.6. The van der Waals surface area contributed by atoms with Crippen molar-refractivity contribution in [3.63, 3.8) is 0 Å². The van der Waals surface area contributed by atoms with Crippen LogP contribution in [0.1, 0.15) is 12.8 Å². The molecular formula is C19H20FN5O. The first-order chi connectivity index (χ1) is 12.7. The maximum atomic E-state index is 13.1. The smallest absolute Gasteiger partial charge is 0.291 e. The van der Waals surface area contributed by atoms with E-state index in [0.29, 0.717) is 24.3 Å². The average molecular weight is 353 g/mol. The molecule has 4 aliphatic rings. The number of nitrogens with zero attached hydrogens (tertiary/aromatic N) is 4. The van der Waals surface area contributed by atoms with Crippen LogP contribution in [0.4, 0.5) is 10.2 Å². The van der Waals surface area contributed by atoms with Gasteiger partial charge in [-0.25, -0.2) is 19.4 Å². The first kappa shape index (κ1) is 15.7. The van der Waals surface area contributed by atoms with Crippen LogP contribution in [0.3, 0.4) is 0 Å². The fraction of sp³-hybridized carbons (Fsp3) is 0.421. The molecule has 2 aromatic rings. The van der Waals surface area contributed by atoms with Crippen molar-refractivity contribution < 1.29 is 9.13 Å². The van der Waals surface area contributed by atoms with Crippen molar-refractivity contribution in [3.05, 3.63) is 42.5 Å². The molecule has 6 rings (SSSR count). The Morgan fingerprint density at radius 3 is 2.69 bits per heavy atom. The summed E-state index contributed by atoms with van der Waals surface area (Å²) in [6.45, 7) is 4.00. The minimum Gasteiger partial charge on any atom is -0.455 e. The van der Waals surface area contributed by atoms with E-state index in [4.69, 9.17) is 4.74 Å². The van der Waals surface area contributed by atoms with Crippen LogP contribution in [0.15, 0.2) is 41.7 Å². The normalized spacial score (nSPS) is 29.5. The van der Waals surface area contributed by atoms with Gasteiger partial charge in [0, 0.05) is 24.1 Å². The van der Waals surface area contributed by atoms with Crippen molar-refractivity contribution in [1.82, 2.24) is 14.9 Å². The average Bonchev–Trinajstić information content (AvgIpc) is 3.05. The van der Waals surface area contributed by atoms with Crippen molar-refractivity contribution in [2.45, 2.75) is 18.4 Å². The fourth-order valence-corrected chi connectivity index (χ4v) is 4.26. The molecule has 1 N–H and O–H groups in total. The van der Waals surface area contributed by atoms with Crippen molar-refractivity contribution in [1.29, 1.82) is 0 Å². The van der Waals surface area contributed by atoms with E-state index in [2.05, 4.69) is 25.2 Å². The van der Waals surface area contributed by atoms with Gasteiger partial charge in [0.1, 0.15) is 23.6 Å². The van der Waals surface area contributed by atoms with Crippen LogP contribution in [0.2, 0.25) is 0 Å². The highest BCUT2D eigenvalue weighted by molar-refractivity contribution is 5.90. The summed E-state index contributed by atoms with van der Waals surface area (Å²) in [5, 5.41) is 3.18. The minimum absolute atomic E-state index is 0.175. The quantitative estimate of drug-likeness (QED) is 0.899. The monoisotopic (exact) mass is 353 g/mol. The van der Waals surface area contributed by atoms with Gasteiger partial charge in [-0.05, 0) is 50.2 Å². The zero-order valence-corrected chi connectivity index (χ0v) is 14.4. The molecule has 1 atom stereocenters. The maximum Gasteiger partial charge on any atom is 0.291 e. The molecule has 1 aromatic heterocycles. The highest BCUT2D eigenvalue weighted by atomic mass is 19.1. The van der Waals surface area contributed by atoms with Crippen LogP contribution in [-0.4, -0.2) is 52.7 Å². The number of rotatable bonds is 2. The molecule has 7 heteroatoms. The Morgan fingerprint density at radius 1 is 1.15 bits per heavy atom. The Bertz CT molecular complexity index is 847. The molecule has 4 aliphatic heterocycles. The van der Waals surface area contributed by atoms with Crippen molar-refractivity contribution >= 4 is 11.8 Å². The van der Waals surface area contributed by atoms with E-state index in [1.165, 1.54) is 44.4 Å². The van der Waals surface area contributed by atoms with Crippen LogP contribution >= 0.6 is 0 Å². The summed E-state index contributed by atoms with van der Waals surface area (Å²) >= 11 is 0. The molecular weight excluding hydrogens is 333 g/mol. The number of amidine groups is 1. The standard InChI is InChI=1S/C19H20FN5O/c20-15-3-1-13(2-4-15)16-9-17(23-12-22-16)24-18-21-10-19(26-18)11-25-7-5-14(19)6-8-25/h1-4,9,12,14H,5-8,10-11H2,(H,21,22,23,24)/t19-/m0/s1. The van der Waals surface area contributed by atoms with Gasteiger partial charge in [0.2, 0.25) is 0 Å². The van der Waals surface area contributed by atoms with Gasteiger partial charge in [0.25, 0.3) is 6.02 Å². The summed E-state index contributed by atoms with van der Waals surface area (Å²) in [4.78, 5) is 15.6. The number of piperidine rings is 3. The molecule has 3 fully saturated rings. The van der Waals surface area contributed by atoms with E-state index in [0.717, 1.165) is 17.8 Å². The van der Waals surface area contributed by atoms with E-state index in [1.54, 1.807) is 12.1 Å². The van der Waals surface area contributed by atoms with Gasteiger partial charge in [-0.2, -0.15) is 0 Å². The molecule has 5 heterocycles. The van der Waals surface area contributed by atoms with Crippen LogP contribution in [0.25, 0.3) is 11.3 Å². The van der Waals surface area contributed by atoms with E-state index in [9.17, 15) is 4.39 Å². The Labute approximate surface area is 151 Å². The fourth-order valence-electron chi connectivity index (χ4n) is 4.26. The Hall–Kier alpha value is -2.54. The number of aliphatic imine (C=N–C) groups is 1. The number of nitrogens with one attached hydrogen (secondary N) is 1. The Balaban J connectivity index is 1.31. The van der Waals surface area contributed by atoms with Gasteiger partial charge < -0.3 is 4.74 Å². The minimum atomic E-state index is -0.266. The highest BCUT2D eigenvalue weighted by Crippen LogP contribution is 2.40. The molecule has 0 aliphatic carbocycles. The second-order valence-electron chi connectivity index (χ2n) is 7.26. The number of hydrogen-bond acceptors (Lipinski definition) is 6. The maximum absolute atomic E-state index is 13.1. The topological polar surface area (TPSA) is 62.6 Å². The third-order valence-electron chi connectivity index (χ3n) is 5.66. The molecule has 3 saturated heterocycles. The van der Waals surface area contributed by atoms with Crippen LogP contribution in [0, 0.1) is 11.7 Å². The van der Waals surface area contributed by atoms with Crippen molar-refractivity contribution in [2.24, 2.45) is 10.9 Å². The summed E-state index contributed by atoms with van der Waals surface area (Å²) < 4.78 is 19.4. The summed E-state index contributed by atoms with van der Waals surface area (Å²) in [5.41, 5.74) is 1.38. The molecule has 134 valence electrons. The van der Waals surface area contributed by atoms with Gasteiger partial charge in [0.05, 0.1) is 12.2 Å². The van der Waals surface area contributed by atoms with Crippen molar-refractivity contribution in [2.75, 3.05) is 31.5 Å². The second-order valence-corrected chi connectivity index (χ2v) is 7.26. The summed E-state index contributed by atoms with van der Waals surface area (Å²) in [6, 6.07) is 8.60. The predicted molar refractivity (Wildman–Crippen MR) is 96.3 cm³/mol. The second kappa shape index (κ2) is 6.02. The number of halogens is 1. The lowest BCUT2D eigenvalue weighted by atomic mass is 9.75. The Morgan fingerprint density at radius 2 is 1.96 bits per heavy atom. The number of aromatic nitrogens is 2. The van der Waals surface area contributed by atoms with E-state index < -0.39 is 0 Å². The first-order valence-corrected chi connectivity index (χ1v) is 9.01. The molecule has 1 spiro atoms. The summed E-state index contributed by atoms with van der Waals surface area (Å²) in [7, 11) is 0. The number of anilines is 1. The van der Waals surface area contributed by atoms with Crippen molar-refractivity contribution in [3.8, 4) is 11.3 Å². The highest BCUT2D eigenvalue weighted by Gasteiger charge is 2.51. The Kier molecular flexibility index (Phi) is 3.63. The number of ether oxygens (including phenoxy) is 1. The lowest BCUT2D eigenvalue weighted by molar-refractivity contribution is -0.0829. The van der Waals surface area contributed by atoms with E-state index in [1.807, 2.05) is 6.07 Å². The molecule has 0 amide bonds. The molecule has 1 aromatic carbocycles. The van der Waals surface area contributed by atoms with Crippen LogP contribution < -0.4 is 5.32 Å². The van der Waals surface area contributed by atoms with Gasteiger partial charge in [-0.1, -0.05) is 0 Å². The number of hydrogen-bond donors (Lipinski definition) is 1. The van der Waals surface area contributed by atoms with Crippen LogP contribution in [0.5, 0.6) is 0 Å². The largest absolute Gasteiger partial charge is 0.455 e. The third kappa shape index (κ3) is 2.72. The number of benzene rings is 1. The van der Waals surface area contributed by atoms with Gasteiger partial charge in [0.15, 0.2) is 0 Å². The summed E-state index contributed by atoms with van der Waals surface area (Å²) in [6.07, 6.45) is 3.86. The first-order valence-electron chi connectivity index (χ1n) is 9.01. The van der Waals surface area contributed by atoms with Gasteiger partial charge in [-0.3, -0.25) is 10.2 Å². The van der Waals surface area contributed by atoms with Gasteiger partial charge in [-0.15, -0.1) is 0 Å². The third-order valence-corrected chi connectivity index (χ3v) is 5.66.